The number of nitrogens with zero attached hydrogens (tertiary/aromatic N) is 10. The lowest BCUT2D eigenvalue weighted by atomic mass is 10.6. The molecule has 0 unspecified atom stereocenters. The van der Waals surface area contributed by atoms with Crippen LogP contribution in [0.25, 0.3) is 5.95 Å². The van der Waals surface area contributed by atoms with E-state index in [1.54, 1.807) is 47.8 Å². The van der Waals surface area contributed by atoms with Gasteiger partial charge < -0.3 is 19.6 Å². The fourth-order valence-corrected chi connectivity index (χ4v) is 1.90. The molecule has 2 aromatic rings. The molecule has 25 heavy (non-hydrogen) atoms. The Morgan fingerprint density at radius 2 is 1.04 bits per heavy atom. The number of hydrogen-bond donors (Lipinski definition) is 0. The second kappa shape index (κ2) is 6.87. The molecule has 2 heterocycles. The number of rotatable bonds is 5. The molecule has 0 bridgehead atoms. The Morgan fingerprint density at radius 3 is 1.44 bits per heavy atom. The summed E-state index contributed by atoms with van der Waals surface area (Å²) in [6.07, 6.45) is 0. The summed E-state index contributed by atoms with van der Waals surface area (Å²) in [7, 11) is 14.4. The van der Waals surface area contributed by atoms with E-state index >= 15 is 0 Å². The summed E-state index contributed by atoms with van der Waals surface area (Å²) in [6.45, 7) is 0. The Hall–Kier alpha value is -2.98. The minimum atomic E-state index is -0.511. The van der Waals surface area contributed by atoms with Crippen molar-refractivity contribution < 1.29 is 0 Å². The molecule has 0 aromatic carbocycles. The molecule has 0 radical (unpaired) electrons. The van der Waals surface area contributed by atoms with E-state index in [4.69, 9.17) is 0 Å². The van der Waals surface area contributed by atoms with Gasteiger partial charge in [0.15, 0.2) is 0 Å². The molecule has 136 valence electrons. The molecule has 0 amide bonds. The summed E-state index contributed by atoms with van der Waals surface area (Å²) in [6, 6.07) is 0. The summed E-state index contributed by atoms with van der Waals surface area (Å²) in [5.74, 6) is 1.73. The van der Waals surface area contributed by atoms with Crippen LogP contribution in [0.5, 0.6) is 0 Å². The summed E-state index contributed by atoms with van der Waals surface area (Å²) in [5.41, 5.74) is -0.511. The highest BCUT2D eigenvalue weighted by molar-refractivity contribution is 5.45. The van der Waals surface area contributed by atoms with Crippen molar-refractivity contribution in [3.8, 4) is 5.95 Å². The molecule has 11 nitrogen and oxygen atoms in total. The van der Waals surface area contributed by atoms with Gasteiger partial charge in [-0.3, -0.25) is 0 Å². The van der Waals surface area contributed by atoms with Crippen LogP contribution in [-0.4, -0.2) is 85.9 Å². The normalized spacial score (nSPS) is 10.6. The van der Waals surface area contributed by atoms with Crippen LogP contribution >= 0.6 is 0 Å². The van der Waals surface area contributed by atoms with Crippen LogP contribution in [0.2, 0.25) is 0 Å². The van der Waals surface area contributed by atoms with E-state index in [0.29, 0.717) is 23.8 Å². The number of hydrogen-bond acceptors (Lipinski definition) is 10. The van der Waals surface area contributed by atoms with E-state index in [1.165, 1.54) is 4.57 Å². The molecular weight excluding hydrogens is 324 g/mol. The van der Waals surface area contributed by atoms with E-state index in [9.17, 15) is 4.79 Å². The fourth-order valence-electron chi connectivity index (χ4n) is 1.90. The van der Waals surface area contributed by atoms with Crippen molar-refractivity contribution in [1.29, 1.82) is 0 Å². The summed E-state index contributed by atoms with van der Waals surface area (Å²) in [5, 5.41) is 0. The third-order valence-electron chi connectivity index (χ3n) is 3.19. The van der Waals surface area contributed by atoms with Gasteiger partial charge in [0.05, 0.1) is 0 Å². The zero-order chi connectivity index (χ0) is 18.9. The maximum atomic E-state index is 12.7. The summed E-state index contributed by atoms with van der Waals surface area (Å²) >= 11 is 0. The molecule has 2 aromatic heterocycles. The highest BCUT2D eigenvalue weighted by Gasteiger charge is 2.19. The van der Waals surface area contributed by atoms with Crippen LogP contribution in [0.1, 0.15) is 0 Å². The maximum absolute atomic E-state index is 12.7. The molecule has 0 spiro atoms. The van der Waals surface area contributed by atoms with E-state index in [2.05, 4.69) is 24.9 Å². The predicted molar refractivity (Wildman–Crippen MR) is 98.3 cm³/mol. The lowest BCUT2D eigenvalue weighted by Gasteiger charge is -2.21. The van der Waals surface area contributed by atoms with Gasteiger partial charge in [-0.05, 0) is 0 Å². The van der Waals surface area contributed by atoms with E-state index in [-0.39, 0.29) is 5.95 Å². The topological polar surface area (TPSA) is 99.4 Å². The van der Waals surface area contributed by atoms with Crippen molar-refractivity contribution in [3.63, 3.8) is 0 Å². The molecule has 0 N–H and O–H groups in total. The first-order chi connectivity index (χ1) is 11.6. The third-order valence-corrected chi connectivity index (χ3v) is 3.19. The highest BCUT2D eigenvalue weighted by atomic mass is 16.1. The van der Waals surface area contributed by atoms with Gasteiger partial charge in [0.25, 0.3) is 0 Å². The molecule has 11 heteroatoms. The zero-order valence-corrected chi connectivity index (χ0v) is 15.9. The first kappa shape index (κ1) is 18.4. The summed E-state index contributed by atoms with van der Waals surface area (Å²) in [4.78, 5) is 41.1. The van der Waals surface area contributed by atoms with Gasteiger partial charge in [-0.2, -0.15) is 29.5 Å². The van der Waals surface area contributed by atoms with Gasteiger partial charge in [-0.25, -0.2) is 4.79 Å². The second-order valence-corrected chi connectivity index (χ2v) is 6.25. The fraction of sp³-hybridized carbons (Fsp3) is 0.571. The van der Waals surface area contributed by atoms with Crippen molar-refractivity contribution in [2.45, 2.75) is 0 Å². The molecule has 0 aliphatic heterocycles. The highest BCUT2D eigenvalue weighted by Crippen LogP contribution is 2.17. The average molecular weight is 348 g/mol. The van der Waals surface area contributed by atoms with E-state index in [1.807, 2.05) is 28.2 Å². The molecule has 0 saturated carbocycles. The molecule has 0 aliphatic rings. The van der Waals surface area contributed by atoms with Gasteiger partial charge in [-0.1, -0.05) is 0 Å². The van der Waals surface area contributed by atoms with Crippen LogP contribution in [0, 0.1) is 0 Å². The largest absolute Gasteiger partial charge is 0.360 e. The monoisotopic (exact) mass is 348 g/mol. The standard InChI is InChI=1S/C14H24N10O/c1-20(2)9-15-10(21(3)4)17-12(16-9)24-13(23(7)8)18-11(22(5)6)19-14(24)25/h1-8H3. The van der Waals surface area contributed by atoms with E-state index < -0.39 is 5.69 Å². The quantitative estimate of drug-likeness (QED) is 0.674. The number of anilines is 4. The third kappa shape index (κ3) is 3.75. The second-order valence-electron chi connectivity index (χ2n) is 6.25. The predicted octanol–water partition coefficient (Wildman–Crippen LogP) is -0.923. The summed E-state index contributed by atoms with van der Waals surface area (Å²) < 4.78 is 1.27. The molecule has 0 aliphatic carbocycles. The molecular formula is C14H24N10O. The number of aromatic nitrogens is 6. The lowest BCUT2D eigenvalue weighted by molar-refractivity contribution is 0.759. The van der Waals surface area contributed by atoms with Crippen molar-refractivity contribution in [3.05, 3.63) is 10.5 Å². The molecule has 0 saturated heterocycles. The Bertz CT molecular complexity index is 785. The van der Waals surface area contributed by atoms with Crippen LogP contribution in [0.3, 0.4) is 0 Å². The van der Waals surface area contributed by atoms with Crippen molar-refractivity contribution in [2.24, 2.45) is 0 Å². The van der Waals surface area contributed by atoms with E-state index in [0.717, 1.165) is 0 Å². The SMILES string of the molecule is CN(C)c1nc(N(C)C)nc(-n2c(N(C)C)nc(N(C)C)nc2=O)n1. The van der Waals surface area contributed by atoms with Crippen LogP contribution < -0.4 is 25.3 Å². The lowest BCUT2D eigenvalue weighted by Crippen LogP contribution is -2.33. The first-order valence-electron chi connectivity index (χ1n) is 7.58. The minimum Gasteiger partial charge on any atom is -0.348 e. The molecule has 0 atom stereocenters. The maximum Gasteiger partial charge on any atom is 0.360 e. The van der Waals surface area contributed by atoms with Gasteiger partial charge in [-0.15, -0.1) is 0 Å². The van der Waals surface area contributed by atoms with Gasteiger partial charge in [0, 0.05) is 56.4 Å². The average Bonchev–Trinajstić information content (AvgIpc) is 2.53. The molecule has 2 rings (SSSR count). The Labute approximate surface area is 146 Å². The van der Waals surface area contributed by atoms with Gasteiger partial charge >= 0.3 is 5.69 Å². The van der Waals surface area contributed by atoms with Crippen molar-refractivity contribution in [2.75, 3.05) is 76.0 Å². The van der Waals surface area contributed by atoms with Gasteiger partial charge in [0.2, 0.25) is 29.7 Å². The minimum absolute atomic E-state index is 0.168. The van der Waals surface area contributed by atoms with Gasteiger partial charge in [0.1, 0.15) is 0 Å². The van der Waals surface area contributed by atoms with Crippen LogP contribution in [0.4, 0.5) is 23.8 Å². The molecule has 0 fully saturated rings. The Kier molecular flexibility index (Phi) is 5.04. The Morgan fingerprint density at radius 1 is 0.600 bits per heavy atom. The van der Waals surface area contributed by atoms with Crippen molar-refractivity contribution >= 4 is 23.8 Å². The Balaban J connectivity index is 2.79. The van der Waals surface area contributed by atoms with Crippen LogP contribution in [-0.2, 0) is 0 Å². The first-order valence-corrected chi connectivity index (χ1v) is 7.58. The van der Waals surface area contributed by atoms with Crippen molar-refractivity contribution in [1.82, 2.24) is 29.5 Å². The van der Waals surface area contributed by atoms with Crippen LogP contribution in [0.15, 0.2) is 4.79 Å². The smallest absolute Gasteiger partial charge is 0.348 e. The zero-order valence-electron chi connectivity index (χ0n) is 15.9.